The molecule has 0 saturated heterocycles. The number of rotatable bonds is 8. The zero-order chi connectivity index (χ0) is 33.9. The first-order valence-corrected chi connectivity index (χ1v) is 15.2. The van der Waals surface area contributed by atoms with E-state index in [0.29, 0.717) is 22.3 Å². The first-order chi connectivity index (χ1) is 21.4. The lowest BCUT2D eigenvalue weighted by molar-refractivity contribution is -0.137. The molecule has 0 fully saturated rings. The van der Waals surface area contributed by atoms with Crippen molar-refractivity contribution in [2.24, 2.45) is 0 Å². The third kappa shape index (κ3) is 9.25. The molecule has 2 aromatic heterocycles. The number of benzene rings is 2. The number of ether oxygens (including phenoxy) is 2. The molecule has 0 radical (unpaired) electrons. The number of carbonyl (C=O) groups excluding carboxylic acids is 3. The number of thiazole rings is 1. The van der Waals surface area contributed by atoms with Crippen molar-refractivity contribution in [1.29, 1.82) is 0 Å². The second-order valence-corrected chi connectivity index (χ2v) is 13.6. The zero-order valence-corrected chi connectivity index (χ0v) is 27.1. The molecule has 4 rings (SSSR count). The fourth-order valence-corrected chi connectivity index (χ4v) is 5.49. The number of halogens is 3. The lowest BCUT2D eigenvalue weighted by atomic mass is 10.0. The molecular weight excluding hydrogens is 621 g/mol. The Kier molecular flexibility index (Phi) is 10.0. The Hall–Kier alpha value is -4.52. The van der Waals surface area contributed by atoms with Gasteiger partial charge in [-0.2, -0.15) is 13.2 Å². The Morgan fingerprint density at radius 1 is 0.957 bits per heavy atom. The van der Waals surface area contributed by atoms with Crippen LogP contribution in [0.15, 0.2) is 60.9 Å². The van der Waals surface area contributed by atoms with E-state index in [1.54, 1.807) is 53.9 Å². The van der Waals surface area contributed by atoms with Crippen LogP contribution in [0, 0.1) is 0 Å². The van der Waals surface area contributed by atoms with E-state index in [1.165, 1.54) is 17.0 Å². The van der Waals surface area contributed by atoms with Crippen LogP contribution in [0.25, 0.3) is 21.2 Å². The lowest BCUT2D eigenvalue weighted by Gasteiger charge is -2.30. The summed E-state index contributed by atoms with van der Waals surface area (Å²) in [4.78, 5) is 49.0. The number of fused-ring (bicyclic) bond motifs is 1. The van der Waals surface area contributed by atoms with Crippen LogP contribution >= 0.6 is 11.3 Å². The van der Waals surface area contributed by atoms with Gasteiger partial charge in [0.25, 0.3) is 0 Å². The molecule has 1 N–H and O–H groups in total. The smallest absolute Gasteiger partial charge is 0.416 e. The van der Waals surface area contributed by atoms with Gasteiger partial charge in [0, 0.05) is 17.8 Å². The molecule has 0 aliphatic rings. The number of alkyl halides is 3. The minimum atomic E-state index is -4.51. The molecule has 2 aromatic carbocycles. The fraction of sp³-hybridized carbons (Fsp3) is 0.364. The van der Waals surface area contributed by atoms with Gasteiger partial charge >= 0.3 is 18.4 Å². The Bertz CT molecular complexity index is 1710. The Balaban J connectivity index is 1.74. The topological polar surface area (TPSA) is 111 Å². The molecular formula is C33H35F3N4O5S. The molecule has 2 amide bonds. The van der Waals surface area contributed by atoms with Crippen LogP contribution in [0.2, 0.25) is 0 Å². The fourth-order valence-electron chi connectivity index (χ4n) is 4.46. The van der Waals surface area contributed by atoms with Gasteiger partial charge in [-0.05, 0) is 88.7 Å². The van der Waals surface area contributed by atoms with Crippen LogP contribution in [0.5, 0.6) is 0 Å². The highest BCUT2D eigenvalue weighted by molar-refractivity contribution is 7.19. The number of hydrogen-bond donors (Lipinski definition) is 1. The van der Waals surface area contributed by atoms with Gasteiger partial charge in [-0.1, -0.05) is 35.6 Å². The van der Waals surface area contributed by atoms with Crippen LogP contribution in [-0.4, -0.2) is 52.2 Å². The monoisotopic (exact) mass is 656 g/mol. The van der Waals surface area contributed by atoms with E-state index in [1.807, 2.05) is 24.3 Å². The number of nitrogens with one attached hydrogen (secondary N) is 1. The second kappa shape index (κ2) is 13.5. The lowest BCUT2D eigenvalue weighted by Crippen LogP contribution is -2.49. The van der Waals surface area contributed by atoms with E-state index in [2.05, 4.69) is 15.3 Å². The summed E-state index contributed by atoms with van der Waals surface area (Å²) in [6, 6.07) is 11.1. The SMILES string of the molecule is CC(C)(C)OC(=O)N[C@H](Cc1ccc(C(F)(F)F)cc1)CN(C(=O)OC(C)(C)C)c1nc(C=O)c(-c2ccc3cnccc3c2)s1. The average molecular weight is 657 g/mol. The van der Waals surface area contributed by atoms with Gasteiger partial charge < -0.3 is 14.8 Å². The van der Waals surface area contributed by atoms with Crippen molar-refractivity contribution in [3.05, 3.63) is 77.7 Å². The number of aldehydes is 1. The highest BCUT2D eigenvalue weighted by Gasteiger charge is 2.32. The molecule has 0 aliphatic carbocycles. The van der Waals surface area contributed by atoms with Crippen molar-refractivity contribution in [3.8, 4) is 10.4 Å². The molecule has 0 spiro atoms. The first-order valence-electron chi connectivity index (χ1n) is 14.4. The summed E-state index contributed by atoms with van der Waals surface area (Å²) in [5.41, 5.74) is -1.30. The van der Waals surface area contributed by atoms with Crippen molar-refractivity contribution in [1.82, 2.24) is 15.3 Å². The van der Waals surface area contributed by atoms with Crippen molar-refractivity contribution < 1.29 is 37.0 Å². The summed E-state index contributed by atoms with van der Waals surface area (Å²) in [6.45, 7) is 9.93. The normalized spacial score (nSPS) is 12.8. The average Bonchev–Trinajstić information content (AvgIpc) is 3.37. The molecule has 0 aliphatic heterocycles. The van der Waals surface area contributed by atoms with Crippen LogP contribution in [0.1, 0.15) is 63.2 Å². The summed E-state index contributed by atoms with van der Waals surface area (Å²) in [5, 5.41) is 4.66. The van der Waals surface area contributed by atoms with Crippen LogP contribution < -0.4 is 10.2 Å². The van der Waals surface area contributed by atoms with Gasteiger partial charge in [0.05, 0.1) is 23.0 Å². The van der Waals surface area contributed by atoms with E-state index in [-0.39, 0.29) is 23.8 Å². The highest BCUT2D eigenvalue weighted by Crippen LogP contribution is 2.36. The number of amides is 2. The highest BCUT2D eigenvalue weighted by atomic mass is 32.1. The molecule has 13 heteroatoms. The van der Waals surface area contributed by atoms with E-state index in [4.69, 9.17) is 9.47 Å². The third-order valence-electron chi connectivity index (χ3n) is 6.39. The van der Waals surface area contributed by atoms with Gasteiger partial charge in [-0.3, -0.25) is 14.7 Å². The maximum Gasteiger partial charge on any atom is 0.416 e. The molecule has 9 nitrogen and oxygen atoms in total. The van der Waals surface area contributed by atoms with E-state index in [0.717, 1.165) is 34.2 Å². The van der Waals surface area contributed by atoms with Crippen molar-refractivity contribution in [3.63, 3.8) is 0 Å². The van der Waals surface area contributed by atoms with Crippen molar-refractivity contribution >= 4 is 45.7 Å². The maximum atomic E-state index is 13.6. The van der Waals surface area contributed by atoms with E-state index in [9.17, 15) is 27.6 Å². The van der Waals surface area contributed by atoms with Crippen molar-refractivity contribution in [2.45, 2.75) is 71.4 Å². The minimum absolute atomic E-state index is 0.0359. The molecule has 1 atom stereocenters. The van der Waals surface area contributed by atoms with Crippen LogP contribution in [0.3, 0.4) is 0 Å². The van der Waals surface area contributed by atoms with Crippen LogP contribution in [0.4, 0.5) is 27.9 Å². The molecule has 0 saturated carbocycles. The van der Waals surface area contributed by atoms with Gasteiger partial charge in [0.15, 0.2) is 11.4 Å². The second-order valence-electron chi connectivity index (χ2n) is 12.6. The number of aromatic nitrogens is 2. The molecule has 46 heavy (non-hydrogen) atoms. The molecule has 0 unspecified atom stereocenters. The largest absolute Gasteiger partial charge is 0.444 e. The predicted molar refractivity (Wildman–Crippen MR) is 170 cm³/mol. The summed E-state index contributed by atoms with van der Waals surface area (Å²) >= 11 is 1.09. The molecule has 0 bridgehead atoms. The molecule has 4 aromatic rings. The van der Waals surface area contributed by atoms with E-state index < -0.39 is 41.2 Å². The summed E-state index contributed by atoms with van der Waals surface area (Å²) in [6.07, 6.45) is -2.08. The van der Waals surface area contributed by atoms with Gasteiger partial charge in [0.1, 0.15) is 16.9 Å². The summed E-state index contributed by atoms with van der Waals surface area (Å²) < 4.78 is 50.7. The third-order valence-corrected chi connectivity index (χ3v) is 7.53. The van der Waals surface area contributed by atoms with Gasteiger partial charge in [-0.15, -0.1) is 0 Å². The predicted octanol–water partition coefficient (Wildman–Crippen LogP) is 8.07. The van der Waals surface area contributed by atoms with Gasteiger partial charge in [-0.25, -0.2) is 14.6 Å². The number of hydrogen-bond acceptors (Lipinski definition) is 8. The minimum Gasteiger partial charge on any atom is -0.444 e. The van der Waals surface area contributed by atoms with Crippen LogP contribution in [-0.2, 0) is 22.1 Å². The number of nitrogens with zero attached hydrogens (tertiary/aromatic N) is 3. The Morgan fingerprint density at radius 2 is 1.63 bits per heavy atom. The number of anilines is 1. The number of alkyl carbamates (subject to hydrolysis) is 1. The summed E-state index contributed by atoms with van der Waals surface area (Å²) in [7, 11) is 0. The maximum absolute atomic E-state index is 13.6. The number of pyridine rings is 1. The quantitative estimate of drug-likeness (QED) is 0.191. The first kappa shape index (κ1) is 34.4. The molecule has 244 valence electrons. The standard InChI is InChI=1S/C33H35F3N4O5S/c1-31(2,3)44-29(42)38-25(15-20-7-11-24(12-8-20)33(34,35)36)18-40(30(43)45-32(4,5)6)28-39-26(19-41)27(46-28)22-9-10-23-17-37-14-13-21(23)16-22/h7-14,16-17,19,25H,15,18H2,1-6H3,(H,38,42)/t25-/m1/s1. The Labute approximate surface area is 268 Å². The number of carbonyl (C=O) groups is 3. The van der Waals surface area contributed by atoms with Gasteiger partial charge in [0.2, 0.25) is 0 Å². The molecule has 2 heterocycles. The zero-order valence-electron chi connectivity index (χ0n) is 26.3. The Morgan fingerprint density at radius 3 is 2.24 bits per heavy atom. The van der Waals surface area contributed by atoms with Crippen molar-refractivity contribution in [2.75, 3.05) is 11.4 Å². The summed E-state index contributed by atoms with van der Waals surface area (Å²) in [5.74, 6) is 0. The van der Waals surface area contributed by atoms with E-state index >= 15 is 0 Å².